The summed E-state index contributed by atoms with van der Waals surface area (Å²) in [6.07, 6.45) is 1.17. The molecular weight excluding hydrogens is 380 g/mol. The van der Waals surface area contributed by atoms with Gasteiger partial charge in [-0.25, -0.2) is 0 Å². The Hall–Kier alpha value is -1.75. The lowest BCUT2D eigenvalue weighted by Gasteiger charge is -2.41. The number of halogens is 1. The molecule has 5 heteroatoms. The Morgan fingerprint density at radius 3 is 1.62 bits per heavy atom. The highest BCUT2D eigenvalue weighted by Gasteiger charge is 2.25. The summed E-state index contributed by atoms with van der Waals surface area (Å²) in [4.78, 5) is 10.2. The molecule has 2 aromatic carbocycles. The Bertz CT molecular complexity index is 710. The van der Waals surface area contributed by atoms with Gasteiger partial charge in [0, 0.05) is 75.7 Å². The van der Waals surface area contributed by atoms with Gasteiger partial charge >= 0.3 is 0 Å². The van der Waals surface area contributed by atoms with E-state index >= 15 is 0 Å². The van der Waals surface area contributed by atoms with E-state index in [-0.39, 0.29) is 0 Å². The van der Waals surface area contributed by atoms with Crippen molar-refractivity contribution in [1.29, 1.82) is 0 Å². The lowest BCUT2D eigenvalue weighted by atomic mass is 10.1. The number of piperazine rings is 2. The molecule has 0 amide bonds. The summed E-state index contributed by atoms with van der Waals surface area (Å²) in [5.41, 5.74) is 2.69. The summed E-state index contributed by atoms with van der Waals surface area (Å²) >= 11 is 6.39. The second-order valence-electron chi connectivity index (χ2n) is 8.12. The van der Waals surface area contributed by atoms with Crippen molar-refractivity contribution >= 4 is 23.0 Å². The largest absolute Gasteiger partial charge is 0.369 e. The van der Waals surface area contributed by atoms with Gasteiger partial charge in [0.15, 0.2) is 0 Å². The highest BCUT2D eigenvalue weighted by Crippen LogP contribution is 2.19. The fourth-order valence-corrected chi connectivity index (χ4v) is 4.89. The summed E-state index contributed by atoms with van der Waals surface area (Å²) in [6.45, 7) is 10.1. The highest BCUT2D eigenvalue weighted by atomic mass is 35.5. The van der Waals surface area contributed by atoms with E-state index in [0.717, 1.165) is 64.8 Å². The van der Waals surface area contributed by atoms with Gasteiger partial charge in [-0.15, -0.1) is 11.6 Å². The third kappa shape index (κ3) is 5.44. The zero-order valence-electron chi connectivity index (χ0n) is 17.3. The summed E-state index contributed by atoms with van der Waals surface area (Å²) in [5.74, 6) is 0.731. The first-order chi connectivity index (χ1) is 14.3. The minimum Gasteiger partial charge on any atom is -0.369 e. The van der Waals surface area contributed by atoms with Gasteiger partial charge in [-0.3, -0.25) is 9.80 Å². The SMILES string of the molecule is ClCC(CCN1CCN(c2ccccc2)CC1)N1CCN(c2ccccc2)CC1. The molecule has 0 radical (unpaired) electrons. The van der Waals surface area contributed by atoms with Crippen molar-refractivity contribution in [2.45, 2.75) is 12.5 Å². The number of anilines is 2. The number of benzene rings is 2. The third-order valence-electron chi connectivity index (χ3n) is 6.40. The fraction of sp³-hybridized carbons (Fsp3) is 0.500. The van der Waals surface area contributed by atoms with Crippen LogP contribution in [0.2, 0.25) is 0 Å². The van der Waals surface area contributed by atoms with E-state index in [0.29, 0.717) is 6.04 Å². The van der Waals surface area contributed by atoms with Crippen LogP contribution in [0, 0.1) is 0 Å². The molecule has 29 heavy (non-hydrogen) atoms. The number of hydrogen-bond acceptors (Lipinski definition) is 4. The lowest BCUT2D eigenvalue weighted by molar-refractivity contribution is 0.165. The molecule has 4 nitrogen and oxygen atoms in total. The molecule has 0 bridgehead atoms. The lowest BCUT2D eigenvalue weighted by Crippen LogP contribution is -2.52. The van der Waals surface area contributed by atoms with Crippen LogP contribution in [0.15, 0.2) is 60.7 Å². The van der Waals surface area contributed by atoms with Crippen molar-refractivity contribution < 1.29 is 0 Å². The molecule has 0 aliphatic carbocycles. The minimum atomic E-state index is 0.488. The van der Waals surface area contributed by atoms with Crippen LogP contribution in [-0.2, 0) is 0 Å². The first kappa shape index (κ1) is 20.5. The third-order valence-corrected chi connectivity index (χ3v) is 6.76. The van der Waals surface area contributed by atoms with Gasteiger partial charge in [0.25, 0.3) is 0 Å². The van der Waals surface area contributed by atoms with Gasteiger partial charge in [-0.2, -0.15) is 0 Å². The van der Waals surface area contributed by atoms with Crippen molar-refractivity contribution in [1.82, 2.24) is 9.80 Å². The number of hydrogen-bond donors (Lipinski definition) is 0. The van der Waals surface area contributed by atoms with Crippen LogP contribution in [0.5, 0.6) is 0 Å². The van der Waals surface area contributed by atoms with Crippen LogP contribution in [0.1, 0.15) is 6.42 Å². The summed E-state index contributed by atoms with van der Waals surface area (Å²) in [5, 5.41) is 0. The second kappa shape index (κ2) is 10.3. The van der Waals surface area contributed by atoms with Gasteiger partial charge in [0.05, 0.1) is 0 Å². The van der Waals surface area contributed by atoms with E-state index < -0.39 is 0 Å². The molecule has 0 N–H and O–H groups in total. The highest BCUT2D eigenvalue weighted by molar-refractivity contribution is 6.18. The zero-order valence-corrected chi connectivity index (χ0v) is 18.1. The molecule has 2 aromatic rings. The molecule has 156 valence electrons. The molecule has 2 aliphatic heterocycles. The van der Waals surface area contributed by atoms with E-state index in [1.165, 1.54) is 17.8 Å². The molecule has 0 saturated carbocycles. The molecule has 2 saturated heterocycles. The number of alkyl halides is 1. The Kier molecular flexibility index (Phi) is 7.31. The van der Waals surface area contributed by atoms with Crippen molar-refractivity contribution in [2.24, 2.45) is 0 Å². The normalized spacial score (nSPS) is 20.0. The predicted molar refractivity (Wildman–Crippen MR) is 124 cm³/mol. The summed E-state index contributed by atoms with van der Waals surface area (Å²) in [7, 11) is 0. The number of nitrogens with zero attached hydrogens (tertiary/aromatic N) is 4. The van der Waals surface area contributed by atoms with E-state index in [4.69, 9.17) is 11.6 Å². The van der Waals surface area contributed by atoms with Crippen molar-refractivity contribution in [3.05, 3.63) is 60.7 Å². The standard InChI is InChI=1S/C24H33ClN4/c25-21-24(29-19-17-28(18-20-29)23-9-5-2-6-10-23)11-12-26-13-15-27(16-14-26)22-7-3-1-4-8-22/h1-10,24H,11-21H2. The molecular formula is C24H33ClN4. The Balaban J connectivity index is 1.20. The molecule has 0 aromatic heterocycles. The van der Waals surface area contributed by atoms with Gasteiger partial charge in [-0.05, 0) is 37.2 Å². The minimum absolute atomic E-state index is 0.488. The van der Waals surface area contributed by atoms with Gasteiger partial charge in [0.1, 0.15) is 0 Å². The van der Waals surface area contributed by atoms with Gasteiger partial charge in [-0.1, -0.05) is 36.4 Å². The molecule has 2 aliphatic rings. The fourth-order valence-electron chi connectivity index (χ4n) is 4.54. The topological polar surface area (TPSA) is 13.0 Å². The van der Waals surface area contributed by atoms with Crippen LogP contribution in [0.25, 0.3) is 0 Å². The quantitative estimate of drug-likeness (QED) is 0.644. The molecule has 2 fully saturated rings. The maximum atomic E-state index is 6.39. The summed E-state index contributed by atoms with van der Waals surface area (Å²) in [6, 6.07) is 22.0. The predicted octanol–water partition coefficient (Wildman–Crippen LogP) is 3.63. The van der Waals surface area contributed by atoms with Crippen LogP contribution < -0.4 is 9.80 Å². The summed E-state index contributed by atoms with van der Waals surface area (Å²) < 4.78 is 0. The van der Waals surface area contributed by atoms with Crippen molar-refractivity contribution in [2.75, 3.05) is 74.6 Å². The number of para-hydroxylation sites is 2. The zero-order chi connectivity index (χ0) is 19.9. The van der Waals surface area contributed by atoms with E-state index in [1.54, 1.807) is 0 Å². The Morgan fingerprint density at radius 1 is 0.655 bits per heavy atom. The monoisotopic (exact) mass is 412 g/mol. The Labute approximate surface area is 180 Å². The molecule has 0 spiro atoms. The van der Waals surface area contributed by atoms with Crippen molar-refractivity contribution in [3.8, 4) is 0 Å². The van der Waals surface area contributed by atoms with Crippen molar-refractivity contribution in [3.63, 3.8) is 0 Å². The first-order valence-electron chi connectivity index (χ1n) is 11.0. The van der Waals surface area contributed by atoms with Gasteiger partial charge in [0.2, 0.25) is 0 Å². The average molecular weight is 413 g/mol. The van der Waals surface area contributed by atoms with Crippen LogP contribution >= 0.6 is 11.6 Å². The Morgan fingerprint density at radius 2 is 1.14 bits per heavy atom. The van der Waals surface area contributed by atoms with Crippen LogP contribution in [0.4, 0.5) is 11.4 Å². The maximum Gasteiger partial charge on any atom is 0.0380 e. The van der Waals surface area contributed by atoms with E-state index in [1.807, 2.05) is 0 Å². The van der Waals surface area contributed by atoms with Gasteiger partial charge < -0.3 is 9.80 Å². The first-order valence-corrected chi connectivity index (χ1v) is 11.5. The average Bonchev–Trinajstić information content (AvgIpc) is 2.81. The van der Waals surface area contributed by atoms with E-state index in [9.17, 15) is 0 Å². The van der Waals surface area contributed by atoms with E-state index in [2.05, 4.69) is 80.3 Å². The molecule has 1 unspecified atom stereocenters. The smallest absolute Gasteiger partial charge is 0.0380 e. The number of rotatable bonds is 7. The molecule has 1 atom stereocenters. The second-order valence-corrected chi connectivity index (χ2v) is 8.43. The maximum absolute atomic E-state index is 6.39. The molecule has 4 rings (SSSR count). The van der Waals surface area contributed by atoms with Crippen LogP contribution in [-0.4, -0.2) is 80.6 Å². The van der Waals surface area contributed by atoms with Crippen LogP contribution in [0.3, 0.4) is 0 Å². The molecule has 2 heterocycles.